The number of nitrogens with one attached hydrogen (secondary N) is 1. The molecule has 1 aromatic rings. The zero-order valence-electron chi connectivity index (χ0n) is 16.2. The van der Waals surface area contributed by atoms with Gasteiger partial charge >= 0.3 is 0 Å². The summed E-state index contributed by atoms with van der Waals surface area (Å²) in [5.41, 5.74) is 2.45. The van der Waals surface area contributed by atoms with Crippen molar-refractivity contribution in [3.63, 3.8) is 0 Å². The SMILES string of the molecule is CC(C)(C)c1ccc(CC(=O)NC2=CCN(C(C)(C)C)C=C2)cc1O. The number of phenolic OH excluding ortho intramolecular Hbond substituents is 1. The van der Waals surface area contributed by atoms with Crippen molar-refractivity contribution in [3.05, 3.63) is 53.4 Å². The van der Waals surface area contributed by atoms with Gasteiger partial charge < -0.3 is 15.3 Å². The first kappa shape index (κ1) is 19.1. The molecule has 25 heavy (non-hydrogen) atoms. The van der Waals surface area contributed by atoms with Gasteiger partial charge in [0.05, 0.1) is 6.42 Å². The van der Waals surface area contributed by atoms with Gasteiger partial charge in [-0.1, -0.05) is 32.9 Å². The molecule has 4 heteroatoms. The highest BCUT2D eigenvalue weighted by molar-refractivity contribution is 5.81. The Hall–Kier alpha value is -2.23. The fraction of sp³-hybridized carbons (Fsp3) is 0.476. The number of phenols is 1. The van der Waals surface area contributed by atoms with E-state index in [9.17, 15) is 9.90 Å². The van der Waals surface area contributed by atoms with E-state index in [1.807, 2.05) is 30.5 Å². The Kier molecular flexibility index (Phi) is 5.31. The maximum atomic E-state index is 12.3. The van der Waals surface area contributed by atoms with Crippen LogP contribution in [0.2, 0.25) is 0 Å². The standard InChI is InChI=1S/C21H30N2O2/c1-20(2,3)17-8-7-15(13-18(17)24)14-19(25)22-16-9-11-23(12-10-16)21(4,5)6/h7-11,13,24H,12,14H2,1-6H3,(H,22,25). The second-order valence-corrected chi connectivity index (χ2v) is 8.62. The zero-order chi connectivity index (χ0) is 18.8. The van der Waals surface area contributed by atoms with Crippen LogP contribution in [-0.4, -0.2) is 28.0 Å². The molecule has 1 aliphatic heterocycles. The van der Waals surface area contributed by atoms with Gasteiger partial charge in [-0.25, -0.2) is 0 Å². The van der Waals surface area contributed by atoms with Crippen molar-refractivity contribution in [2.45, 2.75) is 58.9 Å². The number of allylic oxidation sites excluding steroid dienone is 1. The highest BCUT2D eigenvalue weighted by atomic mass is 16.3. The normalized spacial score (nSPS) is 15.1. The van der Waals surface area contributed by atoms with Crippen LogP contribution in [0.25, 0.3) is 0 Å². The van der Waals surface area contributed by atoms with Gasteiger partial charge in [0.1, 0.15) is 5.75 Å². The Balaban J connectivity index is 1.97. The molecule has 1 heterocycles. The van der Waals surface area contributed by atoms with Crippen molar-refractivity contribution in [3.8, 4) is 5.75 Å². The summed E-state index contributed by atoms with van der Waals surface area (Å²) in [6.45, 7) is 13.4. The van der Waals surface area contributed by atoms with Crippen LogP contribution >= 0.6 is 0 Å². The highest BCUT2D eigenvalue weighted by Gasteiger charge is 2.20. The number of carbonyl (C=O) groups excluding carboxylic acids is 1. The average molecular weight is 342 g/mol. The monoisotopic (exact) mass is 342 g/mol. The summed E-state index contributed by atoms with van der Waals surface area (Å²) in [6.07, 6.45) is 6.20. The number of nitrogens with zero attached hydrogens (tertiary/aromatic N) is 1. The first-order valence-electron chi connectivity index (χ1n) is 8.74. The summed E-state index contributed by atoms with van der Waals surface area (Å²) in [6, 6.07) is 5.50. The Morgan fingerprint density at radius 2 is 1.88 bits per heavy atom. The number of hydrogen-bond donors (Lipinski definition) is 2. The molecule has 0 unspecified atom stereocenters. The lowest BCUT2D eigenvalue weighted by Crippen LogP contribution is -2.39. The number of benzene rings is 1. The molecule has 1 aromatic carbocycles. The molecule has 1 amide bonds. The van der Waals surface area contributed by atoms with Crippen molar-refractivity contribution in [1.82, 2.24) is 10.2 Å². The van der Waals surface area contributed by atoms with Crippen molar-refractivity contribution < 1.29 is 9.90 Å². The summed E-state index contributed by atoms with van der Waals surface area (Å²) >= 11 is 0. The van der Waals surface area contributed by atoms with E-state index >= 15 is 0 Å². The third-order valence-electron chi connectivity index (χ3n) is 4.32. The number of aromatic hydroxyl groups is 1. The van der Waals surface area contributed by atoms with Gasteiger partial charge in [0.15, 0.2) is 0 Å². The number of rotatable bonds is 3. The Labute approximate surface area is 151 Å². The molecule has 4 nitrogen and oxygen atoms in total. The minimum absolute atomic E-state index is 0.0644. The fourth-order valence-corrected chi connectivity index (χ4v) is 2.80. The summed E-state index contributed by atoms with van der Waals surface area (Å²) in [4.78, 5) is 14.5. The molecule has 0 aliphatic carbocycles. The Morgan fingerprint density at radius 1 is 1.20 bits per heavy atom. The first-order chi connectivity index (χ1) is 11.5. The van der Waals surface area contributed by atoms with Gasteiger partial charge in [-0.05, 0) is 55.5 Å². The molecule has 0 fully saturated rings. The molecule has 2 N–H and O–H groups in total. The van der Waals surface area contributed by atoms with Crippen LogP contribution in [0.4, 0.5) is 0 Å². The van der Waals surface area contributed by atoms with Crippen molar-refractivity contribution in [2.24, 2.45) is 0 Å². The smallest absolute Gasteiger partial charge is 0.228 e. The Morgan fingerprint density at radius 3 is 2.36 bits per heavy atom. The van der Waals surface area contributed by atoms with Gasteiger partial charge in [0.2, 0.25) is 5.91 Å². The second kappa shape index (κ2) is 6.95. The number of amides is 1. The zero-order valence-corrected chi connectivity index (χ0v) is 16.2. The number of hydrogen-bond acceptors (Lipinski definition) is 3. The summed E-state index contributed by atoms with van der Waals surface area (Å²) < 4.78 is 0. The maximum absolute atomic E-state index is 12.3. The summed E-state index contributed by atoms with van der Waals surface area (Å²) in [5.74, 6) is 0.165. The second-order valence-electron chi connectivity index (χ2n) is 8.62. The Bertz CT molecular complexity index is 704. The van der Waals surface area contributed by atoms with Crippen molar-refractivity contribution >= 4 is 5.91 Å². The topological polar surface area (TPSA) is 52.6 Å². The van der Waals surface area contributed by atoms with Crippen LogP contribution < -0.4 is 5.32 Å². The van der Waals surface area contributed by atoms with E-state index in [4.69, 9.17) is 0 Å². The third-order valence-corrected chi connectivity index (χ3v) is 4.32. The van der Waals surface area contributed by atoms with E-state index in [2.05, 4.69) is 51.8 Å². The predicted molar refractivity (Wildman–Crippen MR) is 102 cm³/mol. The van der Waals surface area contributed by atoms with Crippen LogP contribution in [0.3, 0.4) is 0 Å². The van der Waals surface area contributed by atoms with Gasteiger partial charge in [-0.15, -0.1) is 0 Å². The maximum Gasteiger partial charge on any atom is 0.228 e. The first-order valence-corrected chi connectivity index (χ1v) is 8.74. The minimum atomic E-state index is -0.124. The minimum Gasteiger partial charge on any atom is -0.508 e. The van der Waals surface area contributed by atoms with Crippen LogP contribution in [0.1, 0.15) is 52.7 Å². The van der Waals surface area contributed by atoms with Crippen LogP contribution in [0, 0.1) is 0 Å². The number of carbonyl (C=O) groups is 1. The lowest BCUT2D eigenvalue weighted by Gasteiger charge is -2.35. The molecule has 0 spiro atoms. The fourth-order valence-electron chi connectivity index (χ4n) is 2.80. The van der Waals surface area contributed by atoms with Crippen molar-refractivity contribution in [2.75, 3.05) is 6.54 Å². The molecule has 0 atom stereocenters. The van der Waals surface area contributed by atoms with Gasteiger partial charge in [-0.3, -0.25) is 4.79 Å². The van der Waals surface area contributed by atoms with Crippen molar-refractivity contribution in [1.29, 1.82) is 0 Å². The van der Waals surface area contributed by atoms with Crippen LogP contribution in [-0.2, 0) is 16.6 Å². The van der Waals surface area contributed by atoms with Crippen LogP contribution in [0.15, 0.2) is 42.2 Å². The molecule has 0 saturated heterocycles. The molecule has 136 valence electrons. The lowest BCUT2D eigenvalue weighted by atomic mass is 9.85. The average Bonchev–Trinajstić information content (AvgIpc) is 2.45. The van der Waals surface area contributed by atoms with E-state index in [1.54, 1.807) is 6.07 Å². The third kappa shape index (κ3) is 5.12. The molecular weight excluding hydrogens is 312 g/mol. The molecule has 2 rings (SSSR count). The lowest BCUT2D eigenvalue weighted by molar-refractivity contribution is -0.119. The summed E-state index contributed by atoms with van der Waals surface area (Å²) in [5, 5.41) is 13.1. The van der Waals surface area contributed by atoms with E-state index in [0.717, 1.165) is 23.4 Å². The molecule has 0 aromatic heterocycles. The van der Waals surface area contributed by atoms with E-state index in [-0.39, 0.29) is 29.0 Å². The predicted octanol–water partition coefficient (Wildman–Crippen LogP) is 3.86. The van der Waals surface area contributed by atoms with Crippen LogP contribution in [0.5, 0.6) is 5.75 Å². The largest absolute Gasteiger partial charge is 0.508 e. The van der Waals surface area contributed by atoms with Gasteiger partial charge in [-0.2, -0.15) is 0 Å². The quantitative estimate of drug-likeness (QED) is 0.877. The van der Waals surface area contributed by atoms with E-state index < -0.39 is 0 Å². The molecular formula is C21H30N2O2. The summed E-state index contributed by atoms with van der Waals surface area (Å²) in [7, 11) is 0. The van der Waals surface area contributed by atoms with E-state index in [1.165, 1.54) is 0 Å². The van der Waals surface area contributed by atoms with Gasteiger partial charge in [0.25, 0.3) is 0 Å². The molecule has 0 bridgehead atoms. The highest BCUT2D eigenvalue weighted by Crippen LogP contribution is 2.31. The van der Waals surface area contributed by atoms with E-state index in [0.29, 0.717) is 0 Å². The van der Waals surface area contributed by atoms with Gasteiger partial charge in [0, 0.05) is 24.0 Å². The molecule has 0 radical (unpaired) electrons. The molecule has 1 aliphatic rings. The molecule has 0 saturated carbocycles.